The summed E-state index contributed by atoms with van der Waals surface area (Å²) in [6.45, 7) is 8.77. The fraction of sp³-hybridized carbons (Fsp3) is 0.500. The SMILES string of the molecule is C=C1N2C=C(CN3CCC[C@H](C)C3)C=C(C(F)(F)F)C2=CN1c1cccc(C(c2nncn2C)C2CCCCC2)c1. The number of anilines is 1. The van der Waals surface area contributed by atoms with Gasteiger partial charge in [0.15, 0.2) is 0 Å². The van der Waals surface area contributed by atoms with Crippen molar-refractivity contribution < 1.29 is 13.2 Å². The van der Waals surface area contributed by atoms with Gasteiger partial charge in [0.2, 0.25) is 0 Å². The molecule has 1 aliphatic carbocycles. The Bertz CT molecular complexity index is 1380. The van der Waals surface area contributed by atoms with Crippen LogP contribution in [0.5, 0.6) is 0 Å². The van der Waals surface area contributed by atoms with Crippen molar-refractivity contribution in [2.45, 2.75) is 64.0 Å². The van der Waals surface area contributed by atoms with Crippen molar-refractivity contribution in [3.8, 4) is 0 Å². The summed E-state index contributed by atoms with van der Waals surface area (Å²) in [5.74, 6) is 2.48. The van der Waals surface area contributed by atoms with Crippen LogP contribution in [-0.2, 0) is 7.05 Å². The molecule has 2 atom stereocenters. The number of hydrogen-bond acceptors (Lipinski definition) is 5. The van der Waals surface area contributed by atoms with Gasteiger partial charge in [-0.1, -0.05) is 44.9 Å². The van der Waals surface area contributed by atoms with Gasteiger partial charge in [0.05, 0.1) is 11.3 Å². The Morgan fingerprint density at radius 3 is 2.56 bits per heavy atom. The standard InChI is InChI=1S/C32H39F3N6/c1-22-9-8-14-39(17-22)18-24-15-28(32(33,34)35)29-20-40(23(2)41(29)19-24)27-13-7-12-26(16-27)30(25-10-5-4-6-11-25)31-37-36-21-38(31)3/h7,12-13,15-16,19-22,25,30H,2,4-6,8-11,14,17-18H2,1,3H3/t22-,30?/m0/s1. The van der Waals surface area contributed by atoms with Gasteiger partial charge in [0, 0.05) is 44.1 Å². The van der Waals surface area contributed by atoms with E-state index in [4.69, 9.17) is 0 Å². The molecule has 6 rings (SSSR count). The van der Waals surface area contributed by atoms with Crippen molar-refractivity contribution in [3.05, 3.63) is 89.7 Å². The van der Waals surface area contributed by atoms with Gasteiger partial charge < -0.3 is 14.4 Å². The smallest absolute Gasteiger partial charge is 0.320 e. The highest BCUT2D eigenvalue weighted by Crippen LogP contribution is 2.45. The summed E-state index contributed by atoms with van der Waals surface area (Å²) in [7, 11) is 1.97. The number of aryl methyl sites for hydroxylation is 1. The van der Waals surface area contributed by atoms with Gasteiger partial charge in [-0.3, -0.25) is 4.90 Å². The number of allylic oxidation sites excluding steroid dienone is 1. The predicted molar refractivity (Wildman–Crippen MR) is 154 cm³/mol. The summed E-state index contributed by atoms with van der Waals surface area (Å²) < 4.78 is 45.1. The summed E-state index contributed by atoms with van der Waals surface area (Å²) in [6.07, 6.45) is 10.1. The number of likely N-dealkylation sites (tertiary alicyclic amines) is 1. The number of halogens is 3. The molecule has 1 unspecified atom stereocenters. The van der Waals surface area contributed by atoms with Crippen molar-refractivity contribution in [2.24, 2.45) is 18.9 Å². The van der Waals surface area contributed by atoms with E-state index >= 15 is 0 Å². The van der Waals surface area contributed by atoms with Crippen LogP contribution in [0.3, 0.4) is 0 Å². The van der Waals surface area contributed by atoms with Gasteiger partial charge in [-0.25, -0.2) is 0 Å². The third-order valence-corrected chi connectivity index (χ3v) is 9.07. The molecule has 1 saturated carbocycles. The van der Waals surface area contributed by atoms with Crippen molar-refractivity contribution >= 4 is 5.69 Å². The highest BCUT2D eigenvalue weighted by Gasteiger charge is 2.43. The summed E-state index contributed by atoms with van der Waals surface area (Å²) in [5, 5.41) is 8.64. The van der Waals surface area contributed by atoms with Crippen LogP contribution in [-0.4, -0.2) is 50.4 Å². The molecule has 2 fully saturated rings. The normalized spacial score (nSPS) is 23.3. The van der Waals surface area contributed by atoms with E-state index in [1.807, 2.05) is 29.9 Å². The van der Waals surface area contributed by atoms with Crippen LogP contribution in [0.4, 0.5) is 18.9 Å². The number of benzene rings is 1. The molecule has 0 bridgehead atoms. The molecule has 218 valence electrons. The lowest BCUT2D eigenvalue weighted by Gasteiger charge is -2.33. The highest BCUT2D eigenvalue weighted by atomic mass is 19.4. The van der Waals surface area contributed by atoms with Crippen LogP contribution in [0, 0.1) is 11.8 Å². The third kappa shape index (κ3) is 5.61. The first-order chi connectivity index (χ1) is 19.7. The Morgan fingerprint density at radius 1 is 1.05 bits per heavy atom. The molecular formula is C32H39F3N6. The average Bonchev–Trinajstić information content (AvgIpc) is 3.51. The molecule has 1 saturated heterocycles. The largest absolute Gasteiger partial charge is 0.418 e. The van der Waals surface area contributed by atoms with Gasteiger partial charge in [0.1, 0.15) is 18.0 Å². The Balaban J connectivity index is 1.32. The zero-order valence-corrected chi connectivity index (χ0v) is 23.9. The minimum Gasteiger partial charge on any atom is -0.320 e. The second-order valence-corrected chi connectivity index (χ2v) is 12.2. The number of nitrogens with zero attached hydrogens (tertiary/aromatic N) is 6. The molecule has 0 N–H and O–H groups in total. The maximum atomic E-state index is 14.4. The van der Waals surface area contributed by atoms with E-state index in [0.29, 0.717) is 29.8 Å². The molecule has 6 nitrogen and oxygen atoms in total. The summed E-state index contributed by atoms with van der Waals surface area (Å²) >= 11 is 0. The fourth-order valence-electron chi connectivity index (χ4n) is 7.09. The van der Waals surface area contributed by atoms with Gasteiger partial charge in [0.25, 0.3) is 0 Å². The van der Waals surface area contributed by atoms with E-state index in [2.05, 4.69) is 40.7 Å². The number of aromatic nitrogens is 3. The van der Waals surface area contributed by atoms with Crippen LogP contribution >= 0.6 is 0 Å². The summed E-state index contributed by atoms with van der Waals surface area (Å²) in [5.41, 5.74) is 2.03. The number of hydrogen-bond donors (Lipinski definition) is 0. The second kappa shape index (κ2) is 11.2. The molecule has 0 amide bonds. The lowest BCUT2D eigenvalue weighted by atomic mass is 9.76. The van der Waals surface area contributed by atoms with Gasteiger partial charge in [-0.2, -0.15) is 13.2 Å². The molecule has 1 aromatic heterocycles. The molecule has 9 heteroatoms. The third-order valence-electron chi connectivity index (χ3n) is 9.07. The molecule has 41 heavy (non-hydrogen) atoms. The van der Waals surface area contributed by atoms with E-state index in [9.17, 15) is 13.2 Å². The van der Waals surface area contributed by atoms with Crippen LogP contribution in [0.1, 0.15) is 69.2 Å². The molecule has 4 aliphatic rings. The van der Waals surface area contributed by atoms with E-state index in [1.165, 1.54) is 31.8 Å². The van der Waals surface area contributed by atoms with Crippen molar-refractivity contribution in [3.63, 3.8) is 0 Å². The summed E-state index contributed by atoms with van der Waals surface area (Å²) in [6, 6.07) is 8.12. The highest BCUT2D eigenvalue weighted by molar-refractivity contribution is 5.64. The van der Waals surface area contributed by atoms with E-state index in [1.54, 1.807) is 22.3 Å². The van der Waals surface area contributed by atoms with Gasteiger partial charge in [-0.15, -0.1) is 10.2 Å². The number of fused-ring (bicyclic) bond motifs is 1. The molecule has 0 radical (unpaired) electrons. The quantitative estimate of drug-likeness (QED) is 0.375. The first-order valence-electron chi connectivity index (χ1n) is 14.8. The van der Waals surface area contributed by atoms with Crippen molar-refractivity contribution in [2.75, 3.05) is 24.5 Å². The van der Waals surface area contributed by atoms with Crippen LogP contribution in [0.25, 0.3) is 0 Å². The molecule has 4 heterocycles. The molecule has 0 spiro atoms. The number of rotatable bonds is 6. The maximum absolute atomic E-state index is 14.4. The van der Waals surface area contributed by atoms with E-state index in [-0.39, 0.29) is 11.6 Å². The second-order valence-electron chi connectivity index (χ2n) is 12.2. The Kier molecular flexibility index (Phi) is 7.57. The first-order valence-corrected chi connectivity index (χ1v) is 14.8. The monoisotopic (exact) mass is 564 g/mol. The van der Waals surface area contributed by atoms with Crippen LogP contribution in [0.2, 0.25) is 0 Å². The first kappa shape index (κ1) is 27.8. The van der Waals surface area contributed by atoms with Crippen molar-refractivity contribution in [1.29, 1.82) is 0 Å². The molecular weight excluding hydrogens is 525 g/mol. The summed E-state index contributed by atoms with van der Waals surface area (Å²) in [4.78, 5) is 5.66. The zero-order valence-electron chi connectivity index (χ0n) is 23.9. The Labute approximate surface area is 240 Å². The minimum atomic E-state index is -4.48. The minimum absolute atomic E-state index is 0.0675. The lowest BCUT2D eigenvalue weighted by molar-refractivity contribution is -0.0909. The van der Waals surface area contributed by atoms with E-state index < -0.39 is 11.7 Å². The number of alkyl halides is 3. The van der Waals surface area contributed by atoms with Crippen LogP contribution < -0.4 is 4.90 Å². The molecule has 3 aliphatic heterocycles. The zero-order chi connectivity index (χ0) is 28.7. The topological polar surface area (TPSA) is 40.4 Å². The maximum Gasteiger partial charge on any atom is 0.418 e. The predicted octanol–water partition coefficient (Wildman–Crippen LogP) is 7.08. The average molecular weight is 565 g/mol. The van der Waals surface area contributed by atoms with E-state index in [0.717, 1.165) is 49.4 Å². The number of piperidine rings is 1. The van der Waals surface area contributed by atoms with Gasteiger partial charge in [-0.05, 0) is 73.4 Å². The molecule has 1 aromatic carbocycles. The van der Waals surface area contributed by atoms with Crippen LogP contribution in [0.15, 0.2) is 78.3 Å². The Morgan fingerprint density at radius 2 is 1.85 bits per heavy atom. The molecule has 2 aromatic rings. The van der Waals surface area contributed by atoms with Crippen molar-refractivity contribution in [1.82, 2.24) is 24.6 Å². The lowest BCUT2D eigenvalue weighted by Crippen LogP contribution is -2.36. The van der Waals surface area contributed by atoms with Gasteiger partial charge >= 0.3 is 6.18 Å². The Hall–Kier alpha value is -3.33. The fourth-order valence-corrected chi connectivity index (χ4v) is 7.09.